The monoisotopic (exact) mass is 264 g/mol. The van der Waals surface area contributed by atoms with Crippen LogP contribution >= 0.6 is 11.6 Å². The summed E-state index contributed by atoms with van der Waals surface area (Å²) in [6, 6.07) is 12.7. The van der Waals surface area contributed by atoms with Crippen molar-refractivity contribution in [3.63, 3.8) is 0 Å². The van der Waals surface area contributed by atoms with Gasteiger partial charge < -0.3 is 4.74 Å². The minimum atomic E-state index is -0.526. The molecule has 0 radical (unpaired) electrons. The molecule has 4 heteroatoms. The Morgan fingerprint density at radius 1 is 1.17 bits per heavy atom. The summed E-state index contributed by atoms with van der Waals surface area (Å²) in [5.74, 6) is -0.559. The van der Waals surface area contributed by atoms with Crippen molar-refractivity contribution in [1.29, 1.82) is 0 Å². The molecular weight excluding hydrogens is 255 g/mol. The molecule has 2 rings (SSSR count). The smallest absolute Gasteiger partial charge is 0.315 e. The van der Waals surface area contributed by atoms with E-state index < -0.39 is 11.8 Å². The Labute approximate surface area is 109 Å². The fourth-order valence-corrected chi connectivity index (χ4v) is 1.69. The summed E-state index contributed by atoms with van der Waals surface area (Å²) < 4.78 is 18.5. The highest BCUT2D eigenvalue weighted by Gasteiger charge is 2.10. The fraction of sp³-hybridized carbons (Fsp3) is 0.0714. The van der Waals surface area contributed by atoms with Crippen LogP contribution in [0.5, 0.6) is 5.75 Å². The molecule has 18 heavy (non-hydrogen) atoms. The maximum Gasteiger partial charge on any atom is 0.315 e. The molecule has 0 aromatic heterocycles. The molecule has 0 aliphatic carbocycles. The van der Waals surface area contributed by atoms with Crippen LogP contribution in [-0.4, -0.2) is 5.97 Å². The lowest BCUT2D eigenvalue weighted by Gasteiger charge is -2.05. The van der Waals surface area contributed by atoms with Gasteiger partial charge in [0.05, 0.1) is 6.42 Å². The molecule has 0 spiro atoms. The van der Waals surface area contributed by atoms with Gasteiger partial charge in [-0.25, -0.2) is 4.39 Å². The number of benzene rings is 2. The third-order valence-corrected chi connectivity index (χ3v) is 2.55. The maximum absolute atomic E-state index is 13.4. The first-order valence-electron chi connectivity index (χ1n) is 5.35. The number of carbonyl (C=O) groups excluding carboxylic acids is 1. The van der Waals surface area contributed by atoms with Gasteiger partial charge in [-0.2, -0.15) is 0 Å². The number of hydrogen-bond acceptors (Lipinski definition) is 2. The number of para-hydroxylation sites is 1. The summed E-state index contributed by atoms with van der Waals surface area (Å²) in [7, 11) is 0. The van der Waals surface area contributed by atoms with Crippen LogP contribution in [0.1, 0.15) is 5.56 Å². The molecule has 0 saturated heterocycles. The molecule has 2 aromatic rings. The minimum absolute atomic E-state index is 0.152. The maximum atomic E-state index is 13.4. The molecule has 2 nitrogen and oxygen atoms in total. The first-order chi connectivity index (χ1) is 8.65. The van der Waals surface area contributed by atoms with Crippen molar-refractivity contribution in [3.05, 3.63) is 64.9 Å². The second-order valence-electron chi connectivity index (χ2n) is 3.70. The zero-order valence-corrected chi connectivity index (χ0v) is 10.2. The number of rotatable bonds is 3. The quantitative estimate of drug-likeness (QED) is 0.625. The van der Waals surface area contributed by atoms with Crippen LogP contribution in [0.2, 0.25) is 5.02 Å². The molecule has 0 saturated carbocycles. The Morgan fingerprint density at radius 3 is 2.61 bits per heavy atom. The van der Waals surface area contributed by atoms with Crippen molar-refractivity contribution in [2.75, 3.05) is 0 Å². The van der Waals surface area contributed by atoms with Crippen LogP contribution in [0.3, 0.4) is 0 Å². The zero-order valence-electron chi connectivity index (χ0n) is 9.40. The molecule has 92 valence electrons. The van der Waals surface area contributed by atoms with Gasteiger partial charge in [0.2, 0.25) is 0 Å². The van der Waals surface area contributed by atoms with Gasteiger partial charge in [-0.05, 0) is 30.3 Å². The molecular formula is C14H10ClFO2. The molecule has 2 aromatic carbocycles. The van der Waals surface area contributed by atoms with Gasteiger partial charge in [0.15, 0.2) is 0 Å². The van der Waals surface area contributed by atoms with Gasteiger partial charge in [-0.3, -0.25) is 4.79 Å². The summed E-state index contributed by atoms with van der Waals surface area (Å²) in [5.41, 5.74) is 0.225. The largest absolute Gasteiger partial charge is 0.426 e. The van der Waals surface area contributed by atoms with Gasteiger partial charge in [0, 0.05) is 10.6 Å². The number of halogens is 2. The number of carbonyl (C=O) groups is 1. The van der Waals surface area contributed by atoms with Crippen molar-refractivity contribution in [2.24, 2.45) is 0 Å². The van der Waals surface area contributed by atoms with Crippen LogP contribution < -0.4 is 4.74 Å². The molecule has 0 bridgehead atoms. The molecule has 0 heterocycles. The fourth-order valence-electron chi connectivity index (χ4n) is 1.49. The van der Waals surface area contributed by atoms with E-state index in [9.17, 15) is 9.18 Å². The van der Waals surface area contributed by atoms with Crippen molar-refractivity contribution in [1.82, 2.24) is 0 Å². The van der Waals surface area contributed by atoms with Crippen LogP contribution in [0.15, 0.2) is 48.5 Å². The first-order valence-corrected chi connectivity index (χ1v) is 5.72. The Bertz CT molecular complexity index is 555. The van der Waals surface area contributed by atoms with Crippen molar-refractivity contribution in [3.8, 4) is 5.75 Å². The van der Waals surface area contributed by atoms with E-state index in [4.69, 9.17) is 16.3 Å². The van der Waals surface area contributed by atoms with E-state index in [0.717, 1.165) is 0 Å². The summed E-state index contributed by atoms with van der Waals surface area (Å²) in [6.45, 7) is 0. The first kappa shape index (κ1) is 12.6. The Kier molecular flexibility index (Phi) is 3.95. The summed E-state index contributed by atoms with van der Waals surface area (Å²) in [5, 5.41) is 0.388. The van der Waals surface area contributed by atoms with E-state index in [1.54, 1.807) is 24.3 Å². The van der Waals surface area contributed by atoms with E-state index in [2.05, 4.69) is 0 Å². The SMILES string of the molecule is O=C(Cc1cc(Cl)ccc1F)Oc1ccccc1. The summed E-state index contributed by atoms with van der Waals surface area (Å²) in [6.07, 6.45) is -0.152. The number of esters is 1. The third kappa shape index (κ3) is 3.31. The molecule has 0 N–H and O–H groups in total. The molecule has 0 aliphatic rings. The second kappa shape index (κ2) is 5.65. The second-order valence-corrected chi connectivity index (χ2v) is 4.14. The lowest BCUT2D eigenvalue weighted by Crippen LogP contribution is -2.12. The van der Waals surface area contributed by atoms with Gasteiger partial charge in [-0.15, -0.1) is 0 Å². The molecule has 0 aliphatic heterocycles. The van der Waals surface area contributed by atoms with Crippen molar-refractivity contribution < 1.29 is 13.9 Å². The molecule has 0 fully saturated rings. The van der Waals surface area contributed by atoms with E-state index >= 15 is 0 Å². The molecule has 0 atom stereocenters. The summed E-state index contributed by atoms with van der Waals surface area (Å²) >= 11 is 5.74. The Morgan fingerprint density at radius 2 is 1.89 bits per heavy atom. The van der Waals surface area contributed by atoms with Crippen molar-refractivity contribution >= 4 is 17.6 Å². The highest BCUT2D eigenvalue weighted by molar-refractivity contribution is 6.30. The van der Waals surface area contributed by atoms with E-state index in [1.807, 2.05) is 6.07 Å². The third-order valence-electron chi connectivity index (χ3n) is 2.32. The zero-order chi connectivity index (χ0) is 13.0. The lowest BCUT2D eigenvalue weighted by molar-refractivity contribution is -0.133. The highest BCUT2D eigenvalue weighted by atomic mass is 35.5. The topological polar surface area (TPSA) is 26.3 Å². The predicted molar refractivity (Wildman–Crippen MR) is 67.2 cm³/mol. The number of ether oxygens (including phenoxy) is 1. The predicted octanol–water partition coefficient (Wildman–Crippen LogP) is 3.63. The van der Waals surface area contributed by atoms with Gasteiger partial charge >= 0.3 is 5.97 Å². The number of hydrogen-bond donors (Lipinski definition) is 0. The van der Waals surface area contributed by atoms with Gasteiger partial charge in [0.25, 0.3) is 0 Å². The van der Waals surface area contributed by atoms with Crippen LogP contribution in [0.4, 0.5) is 4.39 Å². The van der Waals surface area contributed by atoms with E-state index in [1.165, 1.54) is 18.2 Å². The molecule has 0 unspecified atom stereocenters. The Hall–Kier alpha value is -1.87. The van der Waals surface area contributed by atoms with Crippen LogP contribution in [0, 0.1) is 5.82 Å². The summed E-state index contributed by atoms with van der Waals surface area (Å²) in [4.78, 5) is 11.6. The normalized spacial score (nSPS) is 10.1. The van der Waals surface area contributed by atoms with Gasteiger partial charge in [-0.1, -0.05) is 29.8 Å². The standard InChI is InChI=1S/C14H10ClFO2/c15-11-6-7-13(16)10(8-11)9-14(17)18-12-4-2-1-3-5-12/h1-8H,9H2. The highest BCUT2D eigenvalue weighted by Crippen LogP contribution is 2.16. The molecule has 0 amide bonds. The average molecular weight is 265 g/mol. The minimum Gasteiger partial charge on any atom is -0.426 e. The van der Waals surface area contributed by atoms with Crippen LogP contribution in [0.25, 0.3) is 0 Å². The lowest BCUT2D eigenvalue weighted by atomic mass is 10.1. The van der Waals surface area contributed by atoms with Gasteiger partial charge in [0.1, 0.15) is 11.6 Å². The average Bonchev–Trinajstić information content (AvgIpc) is 2.35. The van der Waals surface area contributed by atoms with Crippen molar-refractivity contribution in [2.45, 2.75) is 6.42 Å². The Balaban J connectivity index is 2.05. The van der Waals surface area contributed by atoms with E-state index in [-0.39, 0.29) is 12.0 Å². The van der Waals surface area contributed by atoms with Crippen LogP contribution in [-0.2, 0) is 11.2 Å². The van der Waals surface area contributed by atoms with E-state index in [0.29, 0.717) is 10.8 Å².